The molecule has 8 aromatic carbocycles. The smallest absolute Gasteiger partial charge is 0.194 e. The summed E-state index contributed by atoms with van der Waals surface area (Å²) in [7, 11) is 9.06. The van der Waals surface area contributed by atoms with Gasteiger partial charge >= 0.3 is 0 Å². The average Bonchev–Trinajstić information content (AvgIpc) is 0.729. The maximum absolute atomic E-state index is 2.50. The van der Waals surface area contributed by atoms with Gasteiger partial charge in [-0.3, -0.25) is 0 Å². The minimum atomic E-state index is 0.544. The fourth-order valence-corrected chi connectivity index (χ4v) is 25.1. The molecular weight excluding hydrogens is 1400 g/mol. The third-order valence-corrected chi connectivity index (χ3v) is 32.1. The Morgan fingerprint density at radius 1 is 0.233 bits per heavy atom. The normalized spacial score (nSPS) is 18.2. The largest absolute Gasteiger partial charge is 0.216 e. The number of pyridine rings is 4. The predicted molar refractivity (Wildman–Crippen MR) is 489 cm³/mol. The van der Waals surface area contributed by atoms with Gasteiger partial charge in [0.25, 0.3) is 0 Å². The Morgan fingerprint density at radius 2 is 0.552 bits per heavy atom. The van der Waals surface area contributed by atoms with Crippen molar-refractivity contribution in [1.82, 2.24) is 0 Å². The standard InChI is InChI=1S/4C28H34N/c1-19-16-20(2)21(3)24(17-19)27-25-18-28(13-8-5-9-14-28)15-12-22(25)23-10-6-7-11-26(23)29(27)4;1-19-16-20(2)21(3)24(17-19)27-23-12-15-28(13-8-5-9-14-28)18-25(23)22-10-6-7-11-26(22)29(27)4;1-19-16-20(2)21(3)25(17-19)27-11-9-24-23-12-15-28(13-6-5-7-14-28)18-22(23)8-10-26(24)29(27)4;1-19-16-20(2)21(3)24(17-19)27-11-9-23-25-18-28(13-6-5-7-14-28)15-12-22(25)8-10-26(23)29(27)4/h2*6-7,10-11,16-17H,5,8-9,12-15,18H2,1-4H3;2*8-11,16-17H,5-7,12-15,18H2,1-4H3/q4*+1. The molecule has 0 bridgehead atoms. The van der Waals surface area contributed by atoms with Crippen molar-refractivity contribution in [3.63, 3.8) is 0 Å². The molecule has 4 fully saturated rings. The summed E-state index contributed by atoms with van der Waals surface area (Å²) < 4.78 is 9.83. The summed E-state index contributed by atoms with van der Waals surface area (Å²) in [5, 5.41) is 5.92. The molecule has 8 aliphatic rings. The van der Waals surface area contributed by atoms with E-state index >= 15 is 0 Å². The second-order valence-corrected chi connectivity index (χ2v) is 39.6. The van der Waals surface area contributed by atoms with Crippen LogP contribution >= 0.6 is 0 Å². The molecule has 0 saturated heterocycles. The van der Waals surface area contributed by atoms with Gasteiger partial charge in [0, 0.05) is 91.3 Å². The molecule has 4 heterocycles. The van der Waals surface area contributed by atoms with Crippen LogP contribution in [-0.2, 0) is 79.6 Å². The van der Waals surface area contributed by atoms with Crippen molar-refractivity contribution in [3.05, 3.63) is 257 Å². The molecule has 0 atom stereocenters. The van der Waals surface area contributed by atoms with E-state index in [2.05, 4.69) is 275 Å². The summed E-state index contributed by atoms with van der Waals surface area (Å²) in [5.74, 6) is 0. The summed E-state index contributed by atoms with van der Waals surface area (Å²) in [6, 6.07) is 56.1. The summed E-state index contributed by atoms with van der Waals surface area (Å²) >= 11 is 0. The van der Waals surface area contributed by atoms with Crippen LogP contribution in [0.4, 0.5) is 0 Å². The van der Waals surface area contributed by atoms with Gasteiger partial charge in [-0.05, 0) is 360 Å². The van der Waals surface area contributed by atoms with Crippen molar-refractivity contribution in [2.75, 3.05) is 0 Å². The number of aryl methyl sites for hydroxylation is 15. The molecule has 0 N–H and O–H groups in total. The van der Waals surface area contributed by atoms with Gasteiger partial charge in [0.15, 0.2) is 0 Å². The molecule has 4 nitrogen and oxygen atoms in total. The predicted octanol–water partition coefficient (Wildman–Crippen LogP) is 26.8. The van der Waals surface area contributed by atoms with Gasteiger partial charge in [0.05, 0.1) is 0 Å². The molecule has 0 radical (unpaired) electrons. The number of para-hydroxylation sites is 2. The Bertz CT molecular complexity index is 5830. The first kappa shape index (κ1) is 79.8. The Hall–Kier alpha value is -8.60. The first-order valence-corrected chi connectivity index (χ1v) is 46.0. The van der Waals surface area contributed by atoms with E-state index in [1.807, 2.05) is 0 Å². The molecule has 116 heavy (non-hydrogen) atoms. The van der Waals surface area contributed by atoms with Gasteiger partial charge in [-0.25, -0.2) is 0 Å². The van der Waals surface area contributed by atoms with E-state index in [0.717, 1.165) is 0 Å². The molecule has 4 aromatic heterocycles. The van der Waals surface area contributed by atoms with Crippen LogP contribution in [0.1, 0.15) is 265 Å². The fraction of sp³-hybridized carbons (Fsp3) is 0.464. The molecule has 600 valence electrons. The van der Waals surface area contributed by atoms with Crippen molar-refractivity contribution < 1.29 is 18.3 Å². The van der Waals surface area contributed by atoms with Gasteiger partial charge in [0.2, 0.25) is 44.8 Å². The maximum Gasteiger partial charge on any atom is 0.216 e. The monoisotopic (exact) mass is 1540 g/mol. The van der Waals surface area contributed by atoms with E-state index in [-0.39, 0.29) is 0 Å². The van der Waals surface area contributed by atoms with Crippen LogP contribution in [0.15, 0.2) is 146 Å². The number of rotatable bonds is 4. The van der Waals surface area contributed by atoms with Gasteiger partial charge in [0.1, 0.15) is 28.2 Å². The topological polar surface area (TPSA) is 15.5 Å². The van der Waals surface area contributed by atoms with Gasteiger partial charge < -0.3 is 0 Å². The van der Waals surface area contributed by atoms with Gasteiger partial charge in [-0.1, -0.05) is 160 Å². The zero-order valence-electron chi connectivity index (χ0n) is 74.3. The maximum atomic E-state index is 2.50. The number of fused-ring (bicyclic) bond motifs is 12. The van der Waals surface area contributed by atoms with Crippen molar-refractivity contribution in [1.29, 1.82) is 0 Å². The highest BCUT2D eigenvalue weighted by Crippen LogP contribution is 2.54. The number of benzene rings is 8. The number of hydrogen-bond acceptors (Lipinski definition) is 0. The summed E-state index contributed by atoms with van der Waals surface area (Å²) in [6.07, 6.45) is 44.4. The number of aromatic nitrogens is 4. The molecule has 0 aliphatic heterocycles. The zero-order chi connectivity index (χ0) is 80.7. The van der Waals surface area contributed by atoms with E-state index < -0.39 is 0 Å². The van der Waals surface area contributed by atoms with E-state index in [9.17, 15) is 0 Å². The van der Waals surface area contributed by atoms with Crippen LogP contribution < -0.4 is 18.3 Å². The van der Waals surface area contributed by atoms with Crippen molar-refractivity contribution in [2.45, 2.75) is 289 Å². The molecule has 0 unspecified atom stereocenters. The molecule has 12 aromatic rings. The third kappa shape index (κ3) is 14.9. The average molecular weight is 1540 g/mol. The lowest BCUT2D eigenvalue weighted by Gasteiger charge is -2.41. The molecule has 20 rings (SSSR count). The minimum absolute atomic E-state index is 0.544. The number of hydrogen-bond donors (Lipinski definition) is 0. The summed E-state index contributed by atoms with van der Waals surface area (Å²) in [4.78, 5) is 0. The molecule has 4 saturated carbocycles. The zero-order valence-corrected chi connectivity index (χ0v) is 74.3. The second kappa shape index (κ2) is 32.3. The second-order valence-electron chi connectivity index (χ2n) is 39.6. The van der Waals surface area contributed by atoms with E-state index in [1.165, 1.54) is 361 Å². The van der Waals surface area contributed by atoms with Crippen molar-refractivity contribution >= 4 is 43.6 Å². The number of nitrogens with zero attached hydrogens (tertiary/aromatic N) is 4. The van der Waals surface area contributed by atoms with E-state index in [0.29, 0.717) is 21.7 Å². The Morgan fingerprint density at radius 3 is 1.00 bits per heavy atom. The molecule has 4 heteroatoms. The third-order valence-electron chi connectivity index (χ3n) is 32.1. The molecule has 4 spiro atoms. The minimum Gasteiger partial charge on any atom is -0.194 e. The molecule has 0 amide bonds. The lowest BCUT2D eigenvalue weighted by molar-refractivity contribution is -0.634. The highest BCUT2D eigenvalue weighted by molar-refractivity contribution is 5.88. The van der Waals surface area contributed by atoms with Crippen LogP contribution in [0, 0.1) is 105 Å². The van der Waals surface area contributed by atoms with Crippen LogP contribution in [0.25, 0.3) is 88.6 Å². The van der Waals surface area contributed by atoms with Gasteiger partial charge in [-0.2, -0.15) is 18.3 Å². The first-order valence-electron chi connectivity index (χ1n) is 46.0. The first-order chi connectivity index (χ1) is 55.9. The lowest BCUT2D eigenvalue weighted by Crippen LogP contribution is -2.39. The quantitative estimate of drug-likeness (QED) is 0.156. The van der Waals surface area contributed by atoms with Crippen molar-refractivity contribution in [2.24, 2.45) is 49.9 Å². The van der Waals surface area contributed by atoms with Gasteiger partial charge in [-0.15, -0.1) is 0 Å². The Labute approximate surface area is 697 Å². The van der Waals surface area contributed by atoms with Crippen LogP contribution in [0.2, 0.25) is 0 Å². The van der Waals surface area contributed by atoms with Crippen LogP contribution in [0.5, 0.6) is 0 Å². The van der Waals surface area contributed by atoms with Crippen LogP contribution in [0.3, 0.4) is 0 Å². The Kier molecular flexibility index (Phi) is 22.2. The van der Waals surface area contributed by atoms with Crippen molar-refractivity contribution in [3.8, 4) is 45.0 Å². The molecule has 8 aliphatic carbocycles. The SMILES string of the molecule is Cc1cc(C)c(C)c(-c2c3c(c4ccccc4[n+]2C)CC2(CCCCC2)CC3)c1.Cc1cc(C)c(C)c(-c2c3c(c4ccccc4[n+]2C)CCC2(CCCCC2)C3)c1.Cc1cc(C)c(C)c(-c2ccc3c4c(ccc3[n+]2C)CC2(CCCCC2)CC4)c1.Cc1cc(C)c(C)c(-c2ccc3c4c(ccc3[n+]2C)CCC2(CCCCC2)C4)c1. The van der Waals surface area contributed by atoms with E-state index in [4.69, 9.17) is 0 Å². The van der Waals surface area contributed by atoms with Crippen LogP contribution in [-0.4, -0.2) is 0 Å². The summed E-state index contributed by atoms with van der Waals surface area (Å²) in [5.41, 5.74) is 48.7. The Balaban J connectivity index is 0.000000111. The fourth-order valence-electron chi connectivity index (χ4n) is 25.1. The highest BCUT2D eigenvalue weighted by atomic mass is 15.0. The van der Waals surface area contributed by atoms with E-state index in [1.54, 1.807) is 44.5 Å². The lowest BCUT2D eigenvalue weighted by atomic mass is 9.63. The highest BCUT2D eigenvalue weighted by Gasteiger charge is 2.44. The summed E-state index contributed by atoms with van der Waals surface area (Å²) in [6.45, 7) is 27.0. The molecular formula is C112H136N4+4.